The number of aromatic carboxylic acids is 1. The van der Waals surface area contributed by atoms with Gasteiger partial charge in [-0.1, -0.05) is 0 Å². The molecule has 0 aromatic carbocycles. The summed E-state index contributed by atoms with van der Waals surface area (Å²) in [7, 11) is 0. The van der Waals surface area contributed by atoms with E-state index in [2.05, 4.69) is 9.97 Å². The molecule has 0 radical (unpaired) electrons. The maximum absolute atomic E-state index is 11.1. The van der Waals surface area contributed by atoms with Crippen molar-refractivity contribution in [2.24, 2.45) is 0 Å². The summed E-state index contributed by atoms with van der Waals surface area (Å²) in [5.74, 6) is -0.0908. The van der Waals surface area contributed by atoms with Crippen LogP contribution < -0.4 is 10.3 Å². The van der Waals surface area contributed by atoms with E-state index in [1.807, 2.05) is 0 Å². The zero-order valence-electron chi connectivity index (χ0n) is 8.76. The molecule has 2 rings (SSSR count). The minimum Gasteiger partial charge on any atom is -0.477 e. The third-order valence-corrected chi connectivity index (χ3v) is 2.74. The Morgan fingerprint density at radius 2 is 2.29 bits per heavy atom. The number of hydrogen-bond acceptors (Lipinski definition) is 5. The van der Waals surface area contributed by atoms with Gasteiger partial charge in [-0.3, -0.25) is 4.79 Å². The lowest BCUT2D eigenvalue weighted by Gasteiger charge is -2.01. The van der Waals surface area contributed by atoms with E-state index in [0.717, 1.165) is 11.3 Å². The number of nitrogens with one attached hydrogen (secondary N) is 1. The highest BCUT2D eigenvalue weighted by Gasteiger charge is 2.09. The minimum atomic E-state index is -1.01. The molecule has 0 saturated carbocycles. The Morgan fingerprint density at radius 1 is 1.53 bits per heavy atom. The molecule has 2 aromatic heterocycles. The van der Waals surface area contributed by atoms with Crippen molar-refractivity contribution in [2.75, 3.05) is 0 Å². The van der Waals surface area contributed by atoms with Crippen molar-refractivity contribution in [3.05, 3.63) is 38.6 Å². The van der Waals surface area contributed by atoms with Crippen LogP contribution in [0.5, 0.6) is 11.6 Å². The summed E-state index contributed by atoms with van der Waals surface area (Å²) in [6.45, 7) is 1.63. The lowest BCUT2D eigenvalue weighted by Crippen LogP contribution is -2.08. The molecule has 0 spiro atoms. The van der Waals surface area contributed by atoms with E-state index in [1.165, 1.54) is 12.1 Å². The van der Waals surface area contributed by atoms with E-state index >= 15 is 0 Å². The lowest BCUT2D eigenvalue weighted by atomic mass is 10.4. The van der Waals surface area contributed by atoms with Gasteiger partial charge in [-0.25, -0.2) is 9.78 Å². The van der Waals surface area contributed by atoms with Gasteiger partial charge in [-0.05, 0) is 6.92 Å². The van der Waals surface area contributed by atoms with Crippen LogP contribution in [-0.4, -0.2) is 21.0 Å². The maximum atomic E-state index is 11.1. The highest BCUT2D eigenvalue weighted by atomic mass is 32.1. The largest absolute Gasteiger partial charge is 0.477 e. The van der Waals surface area contributed by atoms with Crippen LogP contribution in [0, 0.1) is 6.92 Å². The molecule has 2 aromatic rings. The quantitative estimate of drug-likeness (QED) is 0.866. The third-order valence-electron chi connectivity index (χ3n) is 1.85. The van der Waals surface area contributed by atoms with Crippen LogP contribution in [0.3, 0.4) is 0 Å². The summed E-state index contributed by atoms with van der Waals surface area (Å²) in [6.07, 6.45) is 0. The molecule has 0 saturated heterocycles. The Bertz CT molecular complexity index is 617. The van der Waals surface area contributed by atoms with Crippen molar-refractivity contribution in [1.29, 1.82) is 0 Å². The lowest BCUT2D eigenvalue weighted by molar-refractivity contribution is 0.0702. The number of thiophene rings is 1. The summed E-state index contributed by atoms with van der Waals surface area (Å²) in [6, 6.07) is 2.58. The van der Waals surface area contributed by atoms with Crippen LogP contribution in [0.2, 0.25) is 0 Å². The zero-order valence-corrected chi connectivity index (χ0v) is 9.58. The van der Waals surface area contributed by atoms with Gasteiger partial charge in [0.2, 0.25) is 5.88 Å². The first-order chi connectivity index (χ1) is 8.04. The van der Waals surface area contributed by atoms with Gasteiger partial charge in [0, 0.05) is 11.4 Å². The fourth-order valence-electron chi connectivity index (χ4n) is 1.21. The Labute approximate surface area is 99.5 Å². The number of carboxylic acids is 1. The van der Waals surface area contributed by atoms with E-state index in [-0.39, 0.29) is 16.3 Å². The molecule has 2 heterocycles. The van der Waals surface area contributed by atoms with Gasteiger partial charge >= 0.3 is 5.97 Å². The second kappa shape index (κ2) is 4.38. The Morgan fingerprint density at radius 3 is 2.88 bits per heavy atom. The van der Waals surface area contributed by atoms with Crippen molar-refractivity contribution < 1.29 is 14.6 Å². The van der Waals surface area contributed by atoms with Crippen LogP contribution in [-0.2, 0) is 0 Å². The van der Waals surface area contributed by atoms with E-state index < -0.39 is 5.97 Å². The normalized spacial score (nSPS) is 10.2. The van der Waals surface area contributed by atoms with Crippen molar-refractivity contribution in [3.63, 3.8) is 0 Å². The van der Waals surface area contributed by atoms with Gasteiger partial charge in [0.1, 0.15) is 16.5 Å². The van der Waals surface area contributed by atoms with Crippen molar-refractivity contribution in [3.8, 4) is 11.6 Å². The summed E-state index contributed by atoms with van der Waals surface area (Å²) >= 11 is 1.05. The van der Waals surface area contributed by atoms with E-state index in [0.29, 0.717) is 11.6 Å². The number of rotatable bonds is 3. The molecular formula is C10H8N2O4S. The number of ether oxygens (including phenoxy) is 1. The third kappa shape index (κ3) is 2.70. The fraction of sp³-hybridized carbons (Fsp3) is 0.100. The topological polar surface area (TPSA) is 92.3 Å². The summed E-state index contributed by atoms with van der Waals surface area (Å²) in [5.41, 5.74) is -0.318. The second-order valence-corrected chi connectivity index (χ2v) is 4.13. The minimum absolute atomic E-state index is 0.140. The number of aryl methyl sites for hydroxylation is 1. The number of carboxylic acid groups (broad SMARTS) is 1. The summed E-state index contributed by atoms with van der Waals surface area (Å²) in [5, 5.41) is 10.3. The highest BCUT2D eigenvalue weighted by Crippen LogP contribution is 2.25. The molecule has 0 amide bonds. The Balaban J connectivity index is 2.25. The molecule has 0 bridgehead atoms. The Kier molecular flexibility index (Phi) is 2.92. The van der Waals surface area contributed by atoms with E-state index in [4.69, 9.17) is 9.84 Å². The van der Waals surface area contributed by atoms with Crippen LogP contribution >= 0.6 is 11.3 Å². The monoisotopic (exact) mass is 252 g/mol. The predicted octanol–water partition coefficient (Wildman–Crippen LogP) is 1.63. The molecule has 0 aliphatic rings. The van der Waals surface area contributed by atoms with Crippen molar-refractivity contribution in [1.82, 2.24) is 9.97 Å². The SMILES string of the molecule is Cc1nc(Oc2csc(C(=O)O)c2)cc(=O)[nH]1. The van der Waals surface area contributed by atoms with Gasteiger partial charge in [0.05, 0.1) is 6.07 Å². The zero-order chi connectivity index (χ0) is 12.4. The van der Waals surface area contributed by atoms with E-state index in [1.54, 1.807) is 12.3 Å². The number of H-pyrrole nitrogens is 1. The first-order valence-electron chi connectivity index (χ1n) is 4.62. The molecule has 0 unspecified atom stereocenters. The van der Waals surface area contributed by atoms with Gasteiger partial charge in [0.15, 0.2) is 0 Å². The number of aromatic nitrogens is 2. The van der Waals surface area contributed by atoms with Gasteiger partial charge in [0.25, 0.3) is 5.56 Å². The Hall–Kier alpha value is -2.15. The number of nitrogens with zero attached hydrogens (tertiary/aromatic N) is 1. The van der Waals surface area contributed by atoms with Crippen molar-refractivity contribution >= 4 is 17.3 Å². The molecule has 0 aliphatic heterocycles. The first-order valence-corrected chi connectivity index (χ1v) is 5.50. The molecule has 7 heteroatoms. The van der Waals surface area contributed by atoms with Crippen molar-refractivity contribution in [2.45, 2.75) is 6.92 Å². The molecule has 88 valence electrons. The summed E-state index contributed by atoms with van der Waals surface area (Å²) < 4.78 is 5.29. The van der Waals surface area contributed by atoms with Gasteiger partial charge in [-0.15, -0.1) is 11.3 Å². The standard InChI is InChI=1S/C10H8N2O4S/c1-5-11-8(13)3-9(12-5)16-6-2-7(10(14)15)17-4-6/h2-4H,1H3,(H,14,15)(H,11,12,13). The number of hydrogen-bond donors (Lipinski definition) is 2. The highest BCUT2D eigenvalue weighted by molar-refractivity contribution is 7.12. The number of aromatic amines is 1. The first kappa shape index (κ1) is 11.3. The van der Waals surface area contributed by atoms with Crippen LogP contribution in [0.25, 0.3) is 0 Å². The van der Waals surface area contributed by atoms with Crippen LogP contribution in [0.15, 0.2) is 22.3 Å². The number of carbonyl (C=O) groups is 1. The molecule has 0 atom stereocenters. The average Bonchev–Trinajstić information content (AvgIpc) is 2.64. The molecule has 17 heavy (non-hydrogen) atoms. The maximum Gasteiger partial charge on any atom is 0.346 e. The van der Waals surface area contributed by atoms with E-state index in [9.17, 15) is 9.59 Å². The summed E-state index contributed by atoms with van der Waals surface area (Å²) in [4.78, 5) is 28.4. The molecule has 0 aliphatic carbocycles. The van der Waals surface area contributed by atoms with Crippen LogP contribution in [0.4, 0.5) is 0 Å². The second-order valence-electron chi connectivity index (χ2n) is 3.22. The molecule has 2 N–H and O–H groups in total. The average molecular weight is 252 g/mol. The molecule has 0 fully saturated rings. The van der Waals surface area contributed by atoms with Gasteiger partial charge < -0.3 is 14.8 Å². The van der Waals surface area contributed by atoms with Crippen LogP contribution in [0.1, 0.15) is 15.5 Å². The van der Waals surface area contributed by atoms with Gasteiger partial charge in [-0.2, -0.15) is 0 Å². The predicted molar refractivity (Wildman–Crippen MR) is 60.9 cm³/mol. The fourth-order valence-corrected chi connectivity index (χ4v) is 1.85. The molecular weight excluding hydrogens is 244 g/mol. The smallest absolute Gasteiger partial charge is 0.346 e. The molecule has 6 nitrogen and oxygen atoms in total.